The van der Waals surface area contributed by atoms with Crippen molar-refractivity contribution in [1.82, 2.24) is 4.90 Å². The van der Waals surface area contributed by atoms with Gasteiger partial charge < -0.3 is 4.74 Å². The second-order valence-corrected chi connectivity index (χ2v) is 5.70. The van der Waals surface area contributed by atoms with Crippen LogP contribution in [0.25, 0.3) is 0 Å². The molecule has 1 aromatic carbocycles. The zero-order valence-electron chi connectivity index (χ0n) is 10.3. The number of rotatable bonds is 2. The van der Waals surface area contributed by atoms with Crippen LogP contribution >= 0.6 is 0 Å². The summed E-state index contributed by atoms with van der Waals surface area (Å²) < 4.78 is 5.50. The van der Waals surface area contributed by atoms with Crippen LogP contribution < -0.4 is 0 Å². The molecule has 4 atom stereocenters. The number of fused-ring (bicyclic) bond motifs is 1. The average molecular weight is 243 g/mol. The summed E-state index contributed by atoms with van der Waals surface area (Å²) in [5.74, 6) is 0.191. The van der Waals surface area contributed by atoms with E-state index < -0.39 is 0 Å². The van der Waals surface area contributed by atoms with Gasteiger partial charge >= 0.3 is 5.97 Å². The van der Waals surface area contributed by atoms with E-state index in [4.69, 9.17) is 4.74 Å². The fraction of sp³-hybridized carbons (Fsp3) is 0.533. The summed E-state index contributed by atoms with van der Waals surface area (Å²) in [6.07, 6.45) is 3.40. The zero-order chi connectivity index (χ0) is 12.1. The Morgan fingerprint density at radius 2 is 2.06 bits per heavy atom. The Morgan fingerprint density at radius 3 is 2.89 bits per heavy atom. The molecule has 3 saturated heterocycles. The number of nitrogens with zero attached hydrogens (tertiary/aromatic N) is 1. The van der Waals surface area contributed by atoms with Gasteiger partial charge in [0.05, 0.1) is 12.0 Å². The Labute approximate surface area is 107 Å². The summed E-state index contributed by atoms with van der Waals surface area (Å²) in [4.78, 5) is 14.3. The maximum atomic E-state index is 11.8. The molecule has 0 aliphatic carbocycles. The summed E-state index contributed by atoms with van der Waals surface area (Å²) in [6.45, 7) is 0.958. The Balaban J connectivity index is 1.61. The molecule has 94 valence electrons. The van der Waals surface area contributed by atoms with Gasteiger partial charge in [-0.25, -0.2) is 0 Å². The topological polar surface area (TPSA) is 29.5 Å². The van der Waals surface area contributed by atoms with Gasteiger partial charge in [0.2, 0.25) is 0 Å². The number of hydrogen-bond acceptors (Lipinski definition) is 3. The quantitative estimate of drug-likeness (QED) is 0.744. The van der Waals surface area contributed by atoms with Gasteiger partial charge in [0.25, 0.3) is 0 Å². The third kappa shape index (κ3) is 1.43. The lowest BCUT2D eigenvalue weighted by Crippen LogP contribution is -2.46. The SMILES string of the molecule is O=C1O[C@@H]2CC[C@@H]3C[C@H]1[C@H]2N3Cc1ccccc1. The van der Waals surface area contributed by atoms with Crippen molar-refractivity contribution in [1.29, 1.82) is 0 Å². The number of esters is 1. The summed E-state index contributed by atoms with van der Waals surface area (Å²) in [5.41, 5.74) is 1.34. The third-order valence-electron chi connectivity index (χ3n) is 4.73. The van der Waals surface area contributed by atoms with Crippen LogP contribution in [0.15, 0.2) is 30.3 Å². The molecular formula is C15H17NO2. The van der Waals surface area contributed by atoms with Gasteiger partial charge in [0.15, 0.2) is 0 Å². The van der Waals surface area contributed by atoms with Gasteiger partial charge in [-0.2, -0.15) is 0 Å². The maximum Gasteiger partial charge on any atom is 0.311 e. The van der Waals surface area contributed by atoms with Crippen LogP contribution in [0, 0.1) is 5.92 Å². The number of piperidine rings is 1. The van der Waals surface area contributed by atoms with E-state index in [2.05, 4.69) is 29.2 Å². The molecule has 3 heteroatoms. The van der Waals surface area contributed by atoms with Crippen LogP contribution in [0.5, 0.6) is 0 Å². The Bertz CT molecular complexity index is 473. The minimum Gasteiger partial charge on any atom is -0.460 e. The Kier molecular flexibility index (Phi) is 2.24. The van der Waals surface area contributed by atoms with Crippen LogP contribution in [-0.2, 0) is 16.1 Å². The van der Waals surface area contributed by atoms with Crippen LogP contribution in [0.3, 0.4) is 0 Å². The molecule has 0 amide bonds. The van der Waals surface area contributed by atoms with Crippen molar-refractivity contribution in [2.75, 3.05) is 0 Å². The molecule has 3 aliphatic heterocycles. The van der Waals surface area contributed by atoms with Crippen molar-refractivity contribution in [3.8, 4) is 0 Å². The highest BCUT2D eigenvalue weighted by Crippen LogP contribution is 2.46. The van der Waals surface area contributed by atoms with Crippen molar-refractivity contribution >= 4 is 5.97 Å². The molecule has 3 fully saturated rings. The predicted octanol–water partition coefficient (Wildman–Crippen LogP) is 1.96. The molecule has 4 rings (SSSR count). The van der Waals surface area contributed by atoms with E-state index in [0.29, 0.717) is 12.1 Å². The van der Waals surface area contributed by atoms with Gasteiger partial charge in [-0.3, -0.25) is 9.69 Å². The minimum atomic E-state index is 0.0465. The summed E-state index contributed by atoms with van der Waals surface area (Å²) in [6, 6.07) is 11.5. The molecule has 2 bridgehead atoms. The highest BCUT2D eigenvalue weighted by atomic mass is 16.6. The van der Waals surface area contributed by atoms with E-state index in [1.807, 2.05) is 6.07 Å². The molecule has 0 saturated carbocycles. The van der Waals surface area contributed by atoms with Crippen molar-refractivity contribution < 1.29 is 9.53 Å². The number of ether oxygens (including phenoxy) is 1. The molecule has 0 aromatic heterocycles. The summed E-state index contributed by atoms with van der Waals surface area (Å²) in [5, 5.41) is 0. The Hall–Kier alpha value is -1.35. The zero-order valence-corrected chi connectivity index (χ0v) is 10.3. The van der Waals surface area contributed by atoms with Crippen molar-refractivity contribution in [3.05, 3.63) is 35.9 Å². The van der Waals surface area contributed by atoms with E-state index in [9.17, 15) is 4.79 Å². The summed E-state index contributed by atoms with van der Waals surface area (Å²) >= 11 is 0. The first-order chi connectivity index (χ1) is 8.83. The normalized spacial score (nSPS) is 37.9. The number of benzene rings is 1. The molecule has 0 radical (unpaired) electrons. The largest absolute Gasteiger partial charge is 0.460 e. The van der Waals surface area contributed by atoms with E-state index in [0.717, 1.165) is 19.4 Å². The molecule has 0 spiro atoms. The van der Waals surface area contributed by atoms with E-state index in [1.165, 1.54) is 12.0 Å². The lowest BCUT2D eigenvalue weighted by Gasteiger charge is -2.37. The van der Waals surface area contributed by atoms with Gasteiger partial charge in [0, 0.05) is 12.6 Å². The monoisotopic (exact) mass is 243 g/mol. The number of carbonyl (C=O) groups is 1. The van der Waals surface area contributed by atoms with Gasteiger partial charge in [-0.1, -0.05) is 30.3 Å². The fourth-order valence-corrected chi connectivity index (χ4v) is 3.96. The average Bonchev–Trinajstić information content (AvgIpc) is 2.81. The lowest BCUT2D eigenvalue weighted by molar-refractivity contribution is -0.146. The first kappa shape index (κ1) is 10.6. The maximum absolute atomic E-state index is 11.8. The van der Waals surface area contributed by atoms with Gasteiger partial charge in [-0.15, -0.1) is 0 Å². The Morgan fingerprint density at radius 1 is 1.22 bits per heavy atom. The second-order valence-electron chi connectivity index (χ2n) is 5.70. The van der Waals surface area contributed by atoms with Crippen LogP contribution in [-0.4, -0.2) is 29.1 Å². The number of hydrogen-bond donors (Lipinski definition) is 0. The number of carbonyl (C=O) groups excluding carboxylic acids is 1. The van der Waals surface area contributed by atoms with Crippen molar-refractivity contribution in [2.24, 2.45) is 5.92 Å². The van der Waals surface area contributed by atoms with Crippen LogP contribution in [0.2, 0.25) is 0 Å². The van der Waals surface area contributed by atoms with Crippen LogP contribution in [0.4, 0.5) is 0 Å². The standard InChI is InChI=1S/C15H17NO2/c17-15-12-8-11-6-7-13(18-15)14(12)16(11)9-10-4-2-1-3-5-10/h1-5,11-14H,6-9H2/t11-,12+,13-,14-/m1/s1. The molecule has 1 aromatic rings. The van der Waals surface area contributed by atoms with E-state index in [1.54, 1.807) is 0 Å². The lowest BCUT2D eigenvalue weighted by atomic mass is 9.97. The smallest absolute Gasteiger partial charge is 0.311 e. The minimum absolute atomic E-state index is 0.0465. The first-order valence-corrected chi connectivity index (χ1v) is 6.83. The molecule has 18 heavy (non-hydrogen) atoms. The molecular weight excluding hydrogens is 226 g/mol. The fourth-order valence-electron chi connectivity index (χ4n) is 3.96. The molecule has 3 nitrogen and oxygen atoms in total. The van der Waals surface area contributed by atoms with Gasteiger partial charge in [0.1, 0.15) is 6.10 Å². The highest BCUT2D eigenvalue weighted by molar-refractivity contribution is 5.77. The third-order valence-corrected chi connectivity index (χ3v) is 4.73. The van der Waals surface area contributed by atoms with E-state index in [-0.39, 0.29) is 18.0 Å². The molecule has 3 aliphatic rings. The molecule has 3 heterocycles. The summed E-state index contributed by atoms with van der Waals surface area (Å²) in [7, 11) is 0. The highest BCUT2D eigenvalue weighted by Gasteiger charge is 2.57. The predicted molar refractivity (Wildman–Crippen MR) is 66.8 cm³/mol. The van der Waals surface area contributed by atoms with E-state index >= 15 is 0 Å². The molecule has 0 unspecified atom stereocenters. The van der Waals surface area contributed by atoms with Crippen molar-refractivity contribution in [3.63, 3.8) is 0 Å². The first-order valence-electron chi connectivity index (χ1n) is 6.83. The van der Waals surface area contributed by atoms with Crippen molar-refractivity contribution in [2.45, 2.75) is 44.0 Å². The van der Waals surface area contributed by atoms with Gasteiger partial charge in [-0.05, 0) is 24.8 Å². The second kappa shape index (κ2) is 3.82. The van der Waals surface area contributed by atoms with Crippen LogP contribution in [0.1, 0.15) is 24.8 Å². The molecule has 0 N–H and O–H groups in total.